The van der Waals surface area contributed by atoms with E-state index >= 15 is 0 Å². The first-order valence-corrected chi connectivity index (χ1v) is 9.88. The average molecular weight is 405 g/mol. The number of rotatable bonds is 4. The van der Waals surface area contributed by atoms with Crippen molar-refractivity contribution in [3.63, 3.8) is 0 Å². The van der Waals surface area contributed by atoms with Crippen LogP contribution < -0.4 is 10.1 Å². The molecule has 4 rings (SSSR count). The van der Waals surface area contributed by atoms with Crippen molar-refractivity contribution in [2.75, 3.05) is 14.2 Å². The topological polar surface area (TPSA) is 81.7 Å². The van der Waals surface area contributed by atoms with E-state index in [2.05, 4.69) is 5.32 Å². The molecule has 0 bridgehead atoms. The molecular weight excluding hydrogens is 382 g/mol. The van der Waals surface area contributed by atoms with Crippen LogP contribution in [0.1, 0.15) is 52.6 Å². The van der Waals surface area contributed by atoms with E-state index in [0.717, 1.165) is 16.9 Å². The van der Waals surface area contributed by atoms with Gasteiger partial charge in [0.05, 0.1) is 19.8 Å². The summed E-state index contributed by atoms with van der Waals surface area (Å²) in [5, 5.41) is 2.93. The third-order valence-electron chi connectivity index (χ3n) is 5.86. The van der Waals surface area contributed by atoms with Crippen LogP contribution in [0.15, 0.2) is 59.8 Å². The highest BCUT2D eigenvalue weighted by Crippen LogP contribution is 2.42. The van der Waals surface area contributed by atoms with E-state index < -0.39 is 5.97 Å². The van der Waals surface area contributed by atoms with Gasteiger partial charge in [-0.2, -0.15) is 0 Å². The molecule has 0 aromatic heterocycles. The van der Waals surface area contributed by atoms with Gasteiger partial charge in [-0.15, -0.1) is 0 Å². The minimum atomic E-state index is -0.418. The normalized spacial score (nSPS) is 21.0. The first-order valence-electron chi connectivity index (χ1n) is 9.88. The van der Waals surface area contributed by atoms with Crippen LogP contribution in [0, 0.1) is 0 Å². The fourth-order valence-corrected chi connectivity index (χ4v) is 4.33. The van der Waals surface area contributed by atoms with E-state index in [1.54, 1.807) is 31.4 Å². The lowest BCUT2D eigenvalue weighted by molar-refractivity contribution is -0.122. The van der Waals surface area contributed by atoms with Gasteiger partial charge in [-0.3, -0.25) is 9.59 Å². The zero-order valence-corrected chi connectivity index (χ0v) is 16.9. The molecule has 0 fully saturated rings. The van der Waals surface area contributed by atoms with Crippen molar-refractivity contribution in [3.8, 4) is 5.75 Å². The zero-order valence-electron chi connectivity index (χ0n) is 16.9. The van der Waals surface area contributed by atoms with Crippen LogP contribution in [0.25, 0.3) is 0 Å². The molecule has 154 valence electrons. The van der Waals surface area contributed by atoms with E-state index in [9.17, 15) is 14.4 Å². The van der Waals surface area contributed by atoms with Crippen LogP contribution in [0.5, 0.6) is 5.75 Å². The monoisotopic (exact) mass is 405 g/mol. The van der Waals surface area contributed by atoms with Crippen LogP contribution in [0.3, 0.4) is 0 Å². The van der Waals surface area contributed by atoms with Crippen molar-refractivity contribution in [2.24, 2.45) is 0 Å². The highest BCUT2D eigenvalue weighted by Gasteiger charge is 2.38. The molecule has 1 N–H and O–H groups in total. The Hall–Kier alpha value is -3.41. The maximum absolute atomic E-state index is 13.1. The van der Waals surface area contributed by atoms with E-state index in [-0.39, 0.29) is 29.9 Å². The maximum atomic E-state index is 13.1. The lowest BCUT2D eigenvalue weighted by Crippen LogP contribution is -2.38. The summed E-state index contributed by atoms with van der Waals surface area (Å²) in [5.41, 5.74) is 3.73. The second-order valence-electron chi connectivity index (χ2n) is 7.61. The number of esters is 1. The van der Waals surface area contributed by atoms with E-state index in [1.807, 2.05) is 24.3 Å². The molecule has 1 heterocycles. The number of carbonyl (C=O) groups excluding carboxylic acids is 3. The predicted molar refractivity (Wildman–Crippen MR) is 110 cm³/mol. The molecule has 2 aromatic rings. The molecule has 30 heavy (non-hydrogen) atoms. The fraction of sp³-hybridized carbons (Fsp3) is 0.292. The van der Waals surface area contributed by atoms with E-state index in [4.69, 9.17) is 9.47 Å². The van der Waals surface area contributed by atoms with Crippen molar-refractivity contribution < 1.29 is 23.9 Å². The summed E-state index contributed by atoms with van der Waals surface area (Å²) in [5.74, 6) is 0.0203. The number of carbonyl (C=O) groups is 3. The molecule has 2 atom stereocenters. The molecule has 0 saturated carbocycles. The SMILES string of the molecule is COC(=O)c1ccc([C@@H]2CC(=O)NC3=C2C(=O)C[C@H](c2ccc(OC)cc2)C3)cc1. The van der Waals surface area contributed by atoms with Crippen LogP contribution in [0.4, 0.5) is 0 Å². The molecular formula is C24H23NO5. The minimum Gasteiger partial charge on any atom is -0.497 e. The molecule has 0 saturated heterocycles. The van der Waals surface area contributed by atoms with Gasteiger partial charge in [-0.25, -0.2) is 4.79 Å². The van der Waals surface area contributed by atoms with Gasteiger partial charge in [0.2, 0.25) is 5.91 Å². The standard InChI is InChI=1S/C24H23NO5/c1-29-18-9-7-14(8-10-18)17-11-20-23(21(26)12-17)19(13-22(27)25-20)15-3-5-16(6-4-15)24(28)30-2/h3-10,17,19H,11-13H2,1-2H3,(H,25,27)/t17-,19+/m1/s1. The Bertz CT molecular complexity index is 1020. The molecule has 0 radical (unpaired) electrons. The number of nitrogens with one attached hydrogen (secondary N) is 1. The third-order valence-corrected chi connectivity index (χ3v) is 5.86. The molecule has 6 nitrogen and oxygen atoms in total. The number of amides is 1. The zero-order chi connectivity index (χ0) is 21.3. The number of methoxy groups -OCH3 is 2. The molecule has 1 aliphatic heterocycles. The summed E-state index contributed by atoms with van der Waals surface area (Å²) in [7, 11) is 2.95. The first-order chi connectivity index (χ1) is 14.5. The Labute approximate surface area is 174 Å². The smallest absolute Gasteiger partial charge is 0.337 e. The number of Topliss-reactive ketones (excluding diaryl/α,β-unsaturated/α-hetero) is 1. The second kappa shape index (κ2) is 8.14. The van der Waals surface area contributed by atoms with Gasteiger partial charge in [0.1, 0.15) is 5.75 Å². The van der Waals surface area contributed by atoms with E-state index in [1.165, 1.54) is 7.11 Å². The van der Waals surface area contributed by atoms with Gasteiger partial charge < -0.3 is 14.8 Å². The van der Waals surface area contributed by atoms with Gasteiger partial charge in [0.25, 0.3) is 0 Å². The number of allylic oxidation sites excluding steroid dienone is 2. The summed E-state index contributed by atoms with van der Waals surface area (Å²) >= 11 is 0. The van der Waals surface area contributed by atoms with Crippen molar-refractivity contribution in [1.29, 1.82) is 0 Å². The Morgan fingerprint density at radius 2 is 1.57 bits per heavy atom. The van der Waals surface area contributed by atoms with Gasteiger partial charge in [-0.1, -0.05) is 24.3 Å². The number of hydrogen-bond donors (Lipinski definition) is 1. The fourth-order valence-electron chi connectivity index (χ4n) is 4.33. The van der Waals surface area contributed by atoms with Crippen molar-refractivity contribution >= 4 is 17.7 Å². The first kappa shape index (κ1) is 19.9. The summed E-state index contributed by atoms with van der Waals surface area (Å²) < 4.78 is 9.94. The Balaban J connectivity index is 1.64. The largest absolute Gasteiger partial charge is 0.497 e. The highest BCUT2D eigenvalue weighted by atomic mass is 16.5. The molecule has 6 heteroatoms. The third kappa shape index (κ3) is 3.73. The van der Waals surface area contributed by atoms with E-state index in [0.29, 0.717) is 29.7 Å². The van der Waals surface area contributed by atoms with Gasteiger partial charge in [0.15, 0.2) is 5.78 Å². The van der Waals surface area contributed by atoms with Crippen molar-refractivity contribution in [2.45, 2.75) is 31.1 Å². The highest BCUT2D eigenvalue weighted by molar-refractivity contribution is 6.02. The van der Waals surface area contributed by atoms with Crippen LogP contribution in [-0.2, 0) is 14.3 Å². The number of benzene rings is 2. The summed E-state index contributed by atoms with van der Waals surface area (Å²) in [4.78, 5) is 37.2. The molecule has 1 amide bonds. The lowest BCUT2D eigenvalue weighted by Gasteiger charge is -2.34. The van der Waals surface area contributed by atoms with Crippen LogP contribution in [-0.4, -0.2) is 31.9 Å². The molecule has 2 aliphatic rings. The van der Waals surface area contributed by atoms with Crippen LogP contribution in [0.2, 0.25) is 0 Å². The maximum Gasteiger partial charge on any atom is 0.337 e. The number of hydrogen-bond acceptors (Lipinski definition) is 5. The van der Waals surface area contributed by atoms with Gasteiger partial charge >= 0.3 is 5.97 Å². The second-order valence-corrected chi connectivity index (χ2v) is 7.61. The van der Waals surface area contributed by atoms with Crippen molar-refractivity contribution in [3.05, 3.63) is 76.5 Å². The summed E-state index contributed by atoms with van der Waals surface area (Å²) in [6.45, 7) is 0. The molecule has 2 aromatic carbocycles. The lowest BCUT2D eigenvalue weighted by atomic mass is 9.73. The Morgan fingerprint density at radius 1 is 0.900 bits per heavy atom. The Morgan fingerprint density at radius 3 is 2.20 bits per heavy atom. The molecule has 1 aliphatic carbocycles. The number of ether oxygens (including phenoxy) is 2. The number of ketones is 1. The summed E-state index contributed by atoms with van der Waals surface area (Å²) in [6, 6.07) is 14.6. The van der Waals surface area contributed by atoms with Crippen molar-refractivity contribution in [1.82, 2.24) is 5.32 Å². The molecule has 0 unspecified atom stereocenters. The van der Waals surface area contributed by atoms with Gasteiger partial charge in [0, 0.05) is 30.0 Å². The predicted octanol–water partition coefficient (Wildman–Crippen LogP) is 3.49. The van der Waals surface area contributed by atoms with Gasteiger partial charge in [-0.05, 0) is 47.7 Å². The average Bonchev–Trinajstić information content (AvgIpc) is 2.77. The quantitative estimate of drug-likeness (QED) is 0.788. The Kier molecular flexibility index (Phi) is 5.40. The summed E-state index contributed by atoms with van der Waals surface area (Å²) in [6.07, 6.45) is 1.23. The van der Waals surface area contributed by atoms with Crippen LogP contribution >= 0.6 is 0 Å². The molecule has 0 spiro atoms. The minimum absolute atomic E-state index is 0.0166.